The lowest BCUT2D eigenvalue weighted by Gasteiger charge is -2.45. The summed E-state index contributed by atoms with van der Waals surface area (Å²) in [6.45, 7) is 5.15. The number of carboxylic acid groups (broad SMARTS) is 1. The third kappa shape index (κ3) is 6.75. The lowest BCUT2D eigenvalue weighted by atomic mass is 9.72. The van der Waals surface area contributed by atoms with Crippen molar-refractivity contribution < 1.29 is 24.2 Å². The molecular weight excluding hydrogens is 511 g/mol. The Hall–Kier alpha value is -3.17. The zero-order chi connectivity index (χ0) is 28.7. The highest BCUT2D eigenvalue weighted by molar-refractivity contribution is 5.75. The number of aliphatic hydroxyl groups is 1. The van der Waals surface area contributed by atoms with E-state index in [1.807, 2.05) is 41.0 Å². The van der Waals surface area contributed by atoms with Gasteiger partial charge in [0.05, 0.1) is 5.60 Å². The number of carbonyl (C=O) groups excluding carboxylic acids is 1. The summed E-state index contributed by atoms with van der Waals surface area (Å²) in [6.07, 6.45) is 3.45. The van der Waals surface area contributed by atoms with Crippen molar-refractivity contribution in [2.45, 2.75) is 57.5 Å². The molecule has 9 heteroatoms. The van der Waals surface area contributed by atoms with Gasteiger partial charge in [-0.25, -0.2) is 14.0 Å². The fourth-order valence-electron chi connectivity index (χ4n) is 6.34. The molecule has 0 aromatic heterocycles. The van der Waals surface area contributed by atoms with Gasteiger partial charge in [0.1, 0.15) is 5.82 Å². The van der Waals surface area contributed by atoms with Crippen LogP contribution in [0.1, 0.15) is 56.6 Å². The van der Waals surface area contributed by atoms with Gasteiger partial charge in [-0.2, -0.15) is 0 Å². The number of urea groups is 1. The average molecular weight is 555 g/mol. The molecule has 5 N–H and O–H groups in total. The van der Waals surface area contributed by atoms with E-state index in [-0.39, 0.29) is 24.9 Å². The minimum atomic E-state index is -1.47. The standard InChI is InChI=1S/C31H43FN4O4/c1-2-22-7-3-8-24(19-22)28-26(10-4-11-27(28)32)31(40,14-6-15-34-29(37)38)25-9-5-16-36(21-25)30(39)35-17-12-23(20-33)13-18-35/h3-4,7-8,10-11,19,23,25,34,40H,2,5-6,9,12-18,20-21,33H2,1H3,(H,37,38)/t25-,31+/m1/s1. The Morgan fingerprint density at radius 2 is 1.85 bits per heavy atom. The van der Waals surface area contributed by atoms with Crippen molar-refractivity contribution >= 4 is 12.1 Å². The van der Waals surface area contributed by atoms with Gasteiger partial charge in [0, 0.05) is 44.2 Å². The van der Waals surface area contributed by atoms with Crippen LogP contribution in [0.25, 0.3) is 11.1 Å². The fraction of sp³-hybridized carbons (Fsp3) is 0.548. The van der Waals surface area contributed by atoms with Crippen LogP contribution in [-0.2, 0) is 12.0 Å². The molecule has 4 rings (SSSR count). The molecule has 2 aliphatic heterocycles. The molecule has 3 amide bonds. The van der Waals surface area contributed by atoms with Crippen LogP contribution >= 0.6 is 0 Å². The predicted molar refractivity (Wildman–Crippen MR) is 153 cm³/mol. The first kappa shape index (κ1) is 29.8. The summed E-state index contributed by atoms with van der Waals surface area (Å²) < 4.78 is 15.6. The maximum absolute atomic E-state index is 15.6. The molecule has 2 heterocycles. The van der Waals surface area contributed by atoms with Crippen LogP contribution in [0.4, 0.5) is 14.0 Å². The number of halogens is 1. The third-order valence-corrected chi connectivity index (χ3v) is 8.70. The second-order valence-corrected chi connectivity index (χ2v) is 11.2. The minimum Gasteiger partial charge on any atom is -0.465 e. The van der Waals surface area contributed by atoms with Crippen LogP contribution in [0, 0.1) is 17.7 Å². The summed E-state index contributed by atoms with van der Waals surface area (Å²) in [5.41, 5.74) is 6.97. The molecule has 2 aromatic carbocycles. The summed E-state index contributed by atoms with van der Waals surface area (Å²) in [4.78, 5) is 28.3. The molecule has 2 saturated heterocycles. The number of hydrogen-bond acceptors (Lipinski definition) is 4. The van der Waals surface area contributed by atoms with E-state index >= 15 is 4.39 Å². The lowest BCUT2D eigenvalue weighted by Crippen LogP contribution is -2.53. The number of piperidine rings is 2. The molecule has 2 atom stereocenters. The number of nitrogens with two attached hydrogens (primary N) is 1. The van der Waals surface area contributed by atoms with Gasteiger partial charge in [-0.15, -0.1) is 0 Å². The average Bonchev–Trinajstić information content (AvgIpc) is 2.98. The van der Waals surface area contributed by atoms with E-state index in [2.05, 4.69) is 5.32 Å². The molecule has 0 spiro atoms. The van der Waals surface area contributed by atoms with E-state index in [9.17, 15) is 14.7 Å². The van der Waals surface area contributed by atoms with Crippen molar-refractivity contribution in [3.05, 3.63) is 59.4 Å². The molecule has 218 valence electrons. The number of benzene rings is 2. The number of likely N-dealkylation sites (tertiary alicyclic amines) is 2. The molecule has 0 saturated carbocycles. The zero-order valence-electron chi connectivity index (χ0n) is 23.4. The summed E-state index contributed by atoms with van der Waals surface area (Å²) >= 11 is 0. The molecule has 2 fully saturated rings. The predicted octanol–water partition coefficient (Wildman–Crippen LogP) is 4.79. The normalized spacial score (nSPS) is 19.8. The van der Waals surface area contributed by atoms with Crippen LogP contribution in [0.3, 0.4) is 0 Å². The highest BCUT2D eigenvalue weighted by Gasteiger charge is 2.43. The largest absolute Gasteiger partial charge is 0.465 e. The maximum atomic E-state index is 15.6. The highest BCUT2D eigenvalue weighted by atomic mass is 19.1. The third-order valence-electron chi connectivity index (χ3n) is 8.70. The van der Waals surface area contributed by atoms with Gasteiger partial charge in [0.2, 0.25) is 0 Å². The second kappa shape index (κ2) is 13.5. The first-order valence-corrected chi connectivity index (χ1v) is 14.6. The SMILES string of the molecule is CCc1cccc(-c2c(F)cccc2[C@](O)(CCCNC(=O)O)[C@@H]2CCCN(C(=O)N3CCC(CN)CC3)C2)c1. The number of aryl methyl sites for hydroxylation is 1. The van der Waals surface area contributed by atoms with Crippen molar-refractivity contribution in [2.24, 2.45) is 17.6 Å². The van der Waals surface area contributed by atoms with Crippen LogP contribution < -0.4 is 11.1 Å². The van der Waals surface area contributed by atoms with Crippen molar-refractivity contribution in [3.63, 3.8) is 0 Å². The molecule has 0 bridgehead atoms. The second-order valence-electron chi connectivity index (χ2n) is 11.2. The molecule has 0 aliphatic carbocycles. The summed E-state index contributed by atoms with van der Waals surface area (Å²) in [5.74, 6) is -0.314. The fourth-order valence-corrected chi connectivity index (χ4v) is 6.34. The Kier molecular flexibility index (Phi) is 10.0. The Labute approximate surface area is 236 Å². The molecule has 0 radical (unpaired) electrons. The van der Waals surface area contributed by atoms with Crippen LogP contribution in [0.15, 0.2) is 42.5 Å². The van der Waals surface area contributed by atoms with Crippen molar-refractivity contribution in [1.29, 1.82) is 0 Å². The number of amides is 3. The topological polar surface area (TPSA) is 119 Å². The van der Waals surface area contributed by atoms with E-state index in [1.165, 1.54) is 6.07 Å². The van der Waals surface area contributed by atoms with Gasteiger partial charge < -0.3 is 31.1 Å². The summed E-state index contributed by atoms with van der Waals surface area (Å²) in [6, 6.07) is 12.5. The van der Waals surface area contributed by atoms with Gasteiger partial charge in [-0.3, -0.25) is 0 Å². The smallest absolute Gasteiger partial charge is 0.404 e. The Morgan fingerprint density at radius 1 is 1.10 bits per heavy atom. The van der Waals surface area contributed by atoms with Crippen molar-refractivity contribution in [3.8, 4) is 11.1 Å². The number of nitrogens with zero attached hydrogens (tertiary/aromatic N) is 2. The molecular formula is C31H43FN4O4. The van der Waals surface area contributed by atoms with Gasteiger partial charge in [0.25, 0.3) is 0 Å². The molecule has 2 aliphatic rings. The van der Waals surface area contributed by atoms with Crippen LogP contribution in [0.5, 0.6) is 0 Å². The highest BCUT2D eigenvalue weighted by Crippen LogP contribution is 2.44. The van der Waals surface area contributed by atoms with Crippen molar-refractivity contribution in [1.82, 2.24) is 15.1 Å². The van der Waals surface area contributed by atoms with Gasteiger partial charge in [-0.1, -0.05) is 43.3 Å². The van der Waals surface area contributed by atoms with Gasteiger partial charge in [-0.05, 0) is 80.2 Å². The Morgan fingerprint density at radius 3 is 2.55 bits per heavy atom. The molecule has 2 aromatic rings. The van der Waals surface area contributed by atoms with Crippen molar-refractivity contribution in [2.75, 3.05) is 39.3 Å². The minimum absolute atomic E-state index is 0.0230. The number of rotatable bonds is 9. The van der Waals surface area contributed by atoms with E-state index in [0.717, 1.165) is 31.2 Å². The first-order chi connectivity index (χ1) is 19.3. The van der Waals surface area contributed by atoms with E-state index in [4.69, 9.17) is 10.8 Å². The van der Waals surface area contributed by atoms with E-state index < -0.39 is 17.5 Å². The Bertz CT molecular complexity index is 1170. The monoisotopic (exact) mass is 554 g/mol. The van der Waals surface area contributed by atoms with Gasteiger partial charge in [0.15, 0.2) is 0 Å². The first-order valence-electron chi connectivity index (χ1n) is 14.6. The number of carbonyl (C=O) groups is 2. The molecule has 40 heavy (non-hydrogen) atoms. The lowest BCUT2D eigenvalue weighted by molar-refractivity contribution is -0.0566. The molecule has 0 unspecified atom stereocenters. The zero-order valence-corrected chi connectivity index (χ0v) is 23.4. The van der Waals surface area contributed by atoms with Gasteiger partial charge >= 0.3 is 12.1 Å². The van der Waals surface area contributed by atoms with Crippen LogP contribution in [0.2, 0.25) is 0 Å². The molecule has 8 nitrogen and oxygen atoms in total. The van der Waals surface area contributed by atoms with E-state index in [1.54, 1.807) is 12.1 Å². The van der Waals surface area contributed by atoms with Crippen LogP contribution in [-0.4, -0.2) is 71.4 Å². The number of nitrogens with one attached hydrogen (secondary N) is 1. The summed E-state index contributed by atoms with van der Waals surface area (Å²) in [7, 11) is 0. The Balaban J connectivity index is 1.66. The maximum Gasteiger partial charge on any atom is 0.404 e. The van der Waals surface area contributed by atoms with E-state index in [0.29, 0.717) is 68.2 Å². The number of hydrogen-bond donors (Lipinski definition) is 4. The summed E-state index contributed by atoms with van der Waals surface area (Å²) in [5, 5.41) is 24.0. The quantitative estimate of drug-likeness (QED) is 0.332.